The smallest absolute Gasteiger partial charge is 0.194 e. The lowest BCUT2D eigenvalue weighted by atomic mass is 10.1. The first kappa shape index (κ1) is 23.0. The molecule has 1 N–H and O–H groups in total. The van der Waals surface area contributed by atoms with Crippen LogP contribution >= 0.6 is 0 Å². The highest BCUT2D eigenvalue weighted by Gasteiger charge is 2.27. The fourth-order valence-corrected chi connectivity index (χ4v) is 4.31. The molecular formula is C21H39N7O2. The Labute approximate surface area is 180 Å². The third kappa shape index (κ3) is 6.15. The second-order valence-corrected chi connectivity index (χ2v) is 8.34. The molecule has 0 spiro atoms. The summed E-state index contributed by atoms with van der Waals surface area (Å²) in [6.45, 7) is 12.1. The lowest BCUT2D eigenvalue weighted by Crippen LogP contribution is -2.46. The number of hydrogen-bond donors (Lipinski definition) is 1. The zero-order chi connectivity index (χ0) is 21.3. The first-order valence-electron chi connectivity index (χ1n) is 11.3. The highest BCUT2D eigenvalue weighted by Crippen LogP contribution is 2.19. The lowest BCUT2D eigenvalue weighted by Gasteiger charge is -2.27. The maximum absolute atomic E-state index is 5.76. The molecule has 0 saturated carbocycles. The average Bonchev–Trinajstić information content (AvgIpc) is 3.48. The van der Waals surface area contributed by atoms with Crippen molar-refractivity contribution < 1.29 is 9.47 Å². The SMILES string of the molecule is CCN1CCCC1CNC(=NCc1nnc(C)n1C)N1CCC(COCCOC)C1. The third-order valence-corrected chi connectivity index (χ3v) is 6.32. The maximum atomic E-state index is 5.76. The van der Waals surface area contributed by atoms with E-state index in [0.29, 0.717) is 31.7 Å². The van der Waals surface area contributed by atoms with Gasteiger partial charge < -0.3 is 24.3 Å². The van der Waals surface area contributed by atoms with Gasteiger partial charge in [-0.2, -0.15) is 0 Å². The zero-order valence-electron chi connectivity index (χ0n) is 19.1. The van der Waals surface area contributed by atoms with Crippen LogP contribution in [-0.4, -0.2) is 96.2 Å². The van der Waals surface area contributed by atoms with Gasteiger partial charge in [0.05, 0.1) is 19.8 Å². The van der Waals surface area contributed by atoms with Crippen molar-refractivity contribution in [2.45, 2.75) is 45.7 Å². The Kier molecular flexibility index (Phi) is 8.89. The number of likely N-dealkylation sites (tertiary alicyclic amines) is 2. The molecule has 9 heteroatoms. The molecule has 0 aliphatic carbocycles. The molecule has 3 heterocycles. The molecule has 0 aromatic carbocycles. The van der Waals surface area contributed by atoms with Crippen LogP contribution in [0.25, 0.3) is 0 Å². The lowest BCUT2D eigenvalue weighted by molar-refractivity contribution is 0.0536. The number of ether oxygens (including phenoxy) is 2. The summed E-state index contributed by atoms with van der Waals surface area (Å²) in [5, 5.41) is 12.1. The Morgan fingerprint density at radius 2 is 2.10 bits per heavy atom. The number of hydrogen-bond acceptors (Lipinski definition) is 6. The van der Waals surface area contributed by atoms with Crippen LogP contribution in [0.1, 0.15) is 37.8 Å². The second-order valence-electron chi connectivity index (χ2n) is 8.34. The normalized spacial score (nSPS) is 22.9. The Bertz CT molecular complexity index is 678. The van der Waals surface area contributed by atoms with Gasteiger partial charge in [0.25, 0.3) is 0 Å². The molecule has 0 bridgehead atoms. The number of likely N-dealkylation sites (N-methyl/N-ethyl adjacent to an activating group) is 1. The van der Waals surface area contributed by atoms with E-state index >= 15 is 0 Å². The number of guanidine groups is 1. The summed E-state index contributed by atoms with van der Waals surface area (Å²) in [6.07, 6.45) is 3.67. The third-order valence-electron chi connectivity index (χ3n) is 6.32. The molecule has 2 saturated heterocycles. The molecule has 2 atom stereocenters. The monoisotopic (exact) mass is 421 g/mol. The van der Waals surface area contributed by atoms with Crippen molar-refractivity contribution >= 4 is 5.96 Å². The van der Waals surface area contributed by atoms with E-state index in [2.05, 4.69) is 32.2 Å². The molecule has 2 unspecified atom stereocenters. The van der Waals surface area contributed by atoms with Gasteiger partial charge in [-0.1, -0.05) is 6.92 Å². The summed E-state index contributed by atoms with van der Waals surface area (Å²) < 4.78 is 12.8. The summed E-state index contributed by atoms with van der Waals surface area (Å²) in [7, 11) is 3.70. The van der Waals surface area contributed by atoms with Crippen molar-refractivity contribution in [2.75, 3.05) is 59.7 Å². The fourth-order valence-electron chi connectivity index (χ4n) is 4.31. The van der Waals surface area contributed by atoms with Crippen LogP contribution in [0.5, 0.6) is 0 Å². The highest BCUT2D eigenvalue weighted by molar-refractivity contribution is 5.80. The molecule has 2 aliphatic rings. The van der Waals surface area contributed by atoms with Gasteiger partial charge in [0, 0.05) is 45.8 Å². The van der Waals surface area contributed by atoms with Gasteiger partial charge in [0.15, 0.2) is 11.8 Å². The minimum atomic E-state index is 0.532. The number of nitrogens with zero attached hydrogens (tertiary/aromatic N) is 6. The van der Waals surface area contributed by atoms with Gasteiger partial charge in [-0.15, -0.1) is 10.2 Å². The van der Waals surface area contributed by atoms with Gasteiger partial charge in [-0.25, -0.2) is 4.99 Å². The summed E-state index contributed by atoms with van der Waals surface area (Å²) >= 11 is 0. The number of rotatable bonds is 10. The van der Waals surface area contributed by atoms with E-state index in [1.165, 1.54) is 19.4 Å². The Hall–Kier alpha value is -1.71. The van der Waals surface area contributed by atoms with Crippen LogP contribution in [-0.2, 0) is 23.1 Å². The van der Waals surface area contributed by atoms with Gasteiger partial charge in [0.1, 0.15) is 12.4 Å². The molecule has 2 fully saturated rings. The highest BCUT2D eigenvalue weighted by atomic mass is 16.5. The number of methoxy groups -OCH3 is 1. The molecule has 9 nitrogen and oxygen atoms in total. The minimum absolute atomic E-state index is 0.532. The Morgan fingerprint density at radius 3 is 2.83 bits per heavy atom. The van der Waals surface area contributed by atoms with Crippen molar-refractivity contribution in [2.24, 2.45) is 18.0 Å². The van der Waals surface area contributed by atoms with Crippen LogP contribution < -0.4 is 5.32 Å². The summed E-state index contributed by atoms with van der Waals surface area (Å²) in [4.78, 5) is 9.87. The molecule has 1 aromatic heterocycles. The van der Waals surface area contributed by atoms with Gasteiger partial charge in [-0.05, 0) is 39.3 Å². The van der Waals surface area contributed by atoms with Gasteiger partial charge in [0.2, 0.25) is 0 Å². The first-order chi connectivity index (χ1) is 14.6. The van der Waals surface area contributed by atoms with Crippen molar-refractivity contribution in [3.63, 3.8) is 0 Å². The molecule has 0 amide bonds. The van der Waals surface area contributed by atoms with Crippen molar-refractivity contribution in [3.8, 4) is 0 Å². The molecule has 2 aliphatic heterocycles. The van der Waals surface area contributed by atoms with Crippen LogP contribution in [0.4, 0.5) is 0 Å². The van der Waals surface area contributed by atoms with Crippen molar-refractivity contribution in [3.05, 3.63) is 11.6 Å². The molecule has 0 radical (unpaired) electrons. The quantitative estimate of drug-likeness (QED) is 0.343. The van der Waals surface area contributed by atoms with E-state index in [9.17, 15) is 0 Å². The topological polar surface area (TPSA) is 80.0 Å². The number of nitrogens with one attached hydrogen (secondary N) is 1. The fraction of sp³-hybridized carbons (Fsp3) is 0.857. The van der Waals surface area contributed by atoms with Crippen LogP contribution in [0, 0.1) is 12.8 Å². The standard InChI is InChI=1S/C21H39N7O2/c1-5-27-9-6-7-19(27)13-22-21(23-14-20-25-24-17(2)26(20)3)28-10-8-18(15-28)16-30-12-11-29-4/h18-19H,5-16H2,1-4H3,(H,22,23). The number of aliphatic imine (C=N–C) groups is 1. The summed E-state index contributed by atoms with van der Waals surface area (Å²) in [6, 6.07) is 0.591. The zero-order valence-corrected chi connectivity index (χ0v) is 19.1. The number of aryl methyl sites for hydroxylation is 1. The second kappa shape index (κ2) is 11.6. The van der Waals surface area contributed by atoms with Crippen molar-refractivity contribution in [1.82, 2.24) is 29.9 Å². The average molecular weight is 422 g/mol. The summed E-state index contributed by atoms with van der Waals surface area (Å²) in [5.74, 6) is 3.32. The predicted molar refractivity (Wildman–Crippen MR) is 118 cm³/mol. The number of aromatic nitrogens is 3. The van der Waals surface area contributed by atoms with E-state index in [4.69, 9.17) is 14.5 Å². The van der Waals surface area contributed by atoms with Gasteiger partial charge >= 0.3 is 0 Å². The van der Waals surface area contributed by atoms with Crippen molar-refractivity contribution in [1.29, 1.82) is 0 Å². The largest absolute Gasteiger partial charge is 0.382 e. The van der Waals surface area contributed by atoms with E-state index in [-0.39, 0.29) is 0 Å². The molecule has 1 aromatic rings. The van der Waals surface area contributed by atoms with Crippen LogP contribution in [0.15, 0.2) is 4.99 Å². The van der Waals surface area contributed by atoms with Gasteiger partial charge in [-0.3, -0.25) is 4.90 Å². The minimum Gasteiger partial charge on any atom is -0.382 e. The summed E-state index contributed by atoms with van der Waals surface area (Å²) in [5.41, 5.74) is 0. The molecule has 30 heavy (non-hydrogen) atoms. The van der Waals surface area contributed by atoms with E-state index in [0.717, 1.165) is 56.8 Å². The van der Waals surface area contributed by atoms with Crippen LogP contribution in [0.3, 0.4) is 0 Å². The first-order valence-corrected chi connectivity index (χ1v) is 11.3. The molecular weight excluding hydrogens is 382 g/mol. The maximum Gasteiger partial charge on any atom is 0.194 e. The Balaban J connectivity index is 1.60. The van der Waals surface area contributed by atoms with Crippen LogP contribution in [0.2, 0.25) is 0 Å². The predicted octanol–water partition coefficient (Wildman–Crippen LogP) is 1.04. The van der Waals surface area contributed by atoms with E-state index < -0.39 is 0 Å². The van der Waals surface area contributed by atoms with E-state index in [1.54, 1.807) is 7.11 Å². The molecule has 170 valence electrons. The van der Waals surface area contributed by atoms with E-state index in [1.807, 2.05) is 18.5 Å². The Morgan fingerprint density at radius 1 is 1.23 bits per heavy atom. The molecule has 3 rings (SSSR count).